The van der Waals surface area contributed by atoms with Crippen molar-refractivity contribution >= 4 is 23.7 Å². The third-order valence-corrected chi connectivity index (χ3v) is 5.00. The number of carbonyl (C=O) groups is 4. The normalized spacial score (nSPS) is 23.1. The molecule has 9 heteroatoms. The van der Waals surface area contributed by atoms with E-state index in [2.05, 4.69) is 12.2 Å². The van der Waals surface area contributed by atoms with Gasteiger partial charge in [-0.3, -0.25) is 14.4 Å². The van der Waals surface area contributed by atoms with Gasteiger partial charge in [-0.2, -0.15) is 0 Å². The first-order valence-electron chi connectivity index (χ1n) is 9.21. The zero-order valence-electron chi connectivity index (χ0n) is 15.8. The third-order valence-electron chi connectivity index (χ3n) is 5.00. The maximum atomic E-state index is 12.5. The maximum absolute atomic E-state index is 12.5. The van der Waals surface area contributed by atoms with Crippen LogP contribution in [0.25, 0.3) is 0 Å². The number of β-lactam (4-membered cyclic amide) rings is 1. The van der Waals surface area contributed by atoms with E-state index in [1.165, 1.54) is 6.92 Å². The average molecular weight is 389 g/mol. The predicted octanol–water partition coefficient (Wildman–Crippen LogP) is 0.448. The van der Waals surface area contributed by atoms with Crippen molar-refractivity contribution in [3.8, 4) is 5.75 Å². The van der Waals surface area contributed by atoms with Crippen LogP contribution in [0.5, 0.6) is 5.75 Å². The Hall–Kier alpha value is -3.10. The van der Waals surface area contributed by atoms with Crippen LogP contribution in [0.15, 0.2) is 24.3 Å². The molecule has 9 nitrogen and oxygen atoms in total. The second kappa shape index (κ2) is 7.87. The van der Waals surface area contributed by atoms with Gasteiger partial charge in [-0.1, -0.05) is 13.3 Å². The smallest absolute Gasteiger partial charge is 0.347 e. The van der Waals surface area contributed by atoms with Crippen molar-refractivity contribution in [1.29, 1.82) is 0 Å². The SMILES string of the molecule is CCCCOc1ccc(C(=O)N[C@@H]2C(=O)N3C2CN(C(C)=O)C3C(=O)O)cc1. The summed E-state index contributed by atoms with van der Waals surface area (Å²) < 4.78 is 5.55. The van der Waals surface area contributed by atoms with E-state index in [0.29, 0.717) is 17.9 Å². The largest absolute Gasteiger partial charge is 0.494 e. The summed E-state index contributed by atoms with van der Waals surface area (Å²) in [6.07, 6.45) is 0.652. The number of aliphatic carboxylic acids is 1. The Morgan fingerprint density at radius 1 is 1.25 bits per heavy atom. The fraction of sp³-hybridized carbons (Fsp3) is 0.474. The van der Waals surface area contributed by atoms with Crippen LogP contribution in [-0.2, 0) is 14.4 Å². The molecule has 2 fully saturated rings. The van der Waals surface area contributed by atoms with Gasteiger partial charge in [-0.15, -0.1) is 0 Å². The number of unbranched alkanes of at least 4 members (excludes halogenated alkanes) is 1. The molecule has 0 saturated carbocycles. The topological polar surface area (TPSA) is 116 Å². The summed E-state index contributed by atoms with van der Waals surface area (Å²) in [7, 11) is 0. The van der Waals surface area contributed by atoms with Crippen molar-refractivity contribution in [1.82, 2.24) is 15.1 Å². The highest BCUT2D eigenvalue weighted by Crippen LogP contribution is 2.33. The van der Waals surface area contributed by atoms with Crippen molar-refractivity contribution in [2.75, 3.05) is 13.2 Å². The average Bonchev–Trinajstić information content (AvgIpc) is 3.03. The number of nitrogens with one attached hydrogen (secondary N) is 1. The van der Waals surface area contributed by atoms with Crippen LogP contribution in [-0.4, -0.2) is 70.0 Å². The predicted molar refractivity (Wildman–Crippen MR) is 97.5 cm³/mol. The van der Waals surface area contributed by atoms with Gasteiger partial charge in [-0.25, -0.2) is 4.79 Å². The Morgan fingerprint density at radius 3 is 2.50 bits per heavy atom. The van der Waals surface area contributed by atoms with Crippen molar-refractivity contribution < 1.29 is 29.0 Å². The van der Waals surface area contributed by atoms with Gasteiger partial charge in [0.25, 0.3) is 5.91 Å². The monoisotopic (exact) mass is 389 g/mol. The first-order valence-corrected chi connectivity index (χ1v) is 9.21. The minimum atomic E-state index is -1.32. The van der Waals surface area contributed by atoms with Crippen molar-refractivity contribution in [2.45, 2.75) is 44.9 Å². The quantitative estimate of drug-likeness (QED) is 0.517. The van der Waals surface area contributed by atoms with Crippen molar-refractivity contribution in [2.24, 2.45) is 0 Å². The van der Waals surface area contributed by atoms with Gasteiger partial charge in [0.15, 0.2) is 0 Å². The van der Waals surface area contributed by atoms with Crippen molar-refractivity contribution in [3.05, 3.63) is 29.8 Å². The van der Waals surface area contributed by atoms with E-state index in [-0.39, 0.29) is 6.54 Å². The summed E-state index contributed by atoms with van der Waals surface area (Å²) in [6, 6.07) is 5.19. The molecular formula is C19H23N3O6. The molecule has 3 amide bonds. The number of hydrogen-bond donors (Lipinski definition) is 2. The summed E-state index contributed by atoms with van der Waals surface area (Å²) in [6.45, 7) is 4.00. The number of amides is 3. The number of fused-ring (bicyclic) bond motifs is 1. The molecule has 3 rings (SSSR count). The zero-order valence-corrected chi connectivity index (χ0v) is 15.8. The van der Waals surface area contributed by atoms with Crippen LogP contribution >= 0.6 is 0 Å². The second-order valence-corrected chi connectivity index (χ2v) is 6.87. The first kappa shape index (κ1) is 19.7. The summed E-state index contributed by atoms with van der Waals surface area (Å²) in [5.74, 6) is -1.99. The minimum absolute atomic E-state index is 0.0766. The number of ether oxygens (including phenoxy) is 1. The molecule has 2 N–H and O–H groups in total. The number of benzene rings is 1. The Labute approximate surface area is 162 Å². The van der Waals surface area contributed by atoms with Gasteiger partial charge < -0.3 is 25.0 Å². The lowest BCUT2D eigenvalue weighted by atomic mass is 9.96. The fourth-order valence-electron chi connectivity index (χ4n) is 3.49. The van der Waals surface area contributed by atoms with Crippen LogP contribution < -0.4 is 10.1 Å². The molecule has 0 aliphatic carbocycles. The highest BCUT2D eigenvalue weighted by Gasteiger charge is 2.60. The third kappa shape index (κ3) is 3.51. The van der Waals surface area contributed by atoms with Gasteiger partial charge >= 0.3 is 5.97 Å². The van der Waals surface area contributed by atoms with Crippen LogP contribution in [0.3, 0.4) is 0 Å². The molecule has 2 aliphatic heterocycles. The molecule has 1 aromatic rings. The van der Waals surface area contributed by atoms with Gasteiger partial charge in [0.2, 0.25) is 18.0 Å². The lowest BCUT2D eigenvalue weighted by Gasteiger charge is -2.43. The van der Waals surface area contributed by atoms with E-state index in [4.69, 9.17) is 4.74 Å². The van der Waals surface area contributed by atoms with Crippen LogP contribution in [0.4, 0.5) is 0 Å². The summed E-state index contributed by atoms with van der Waals surface area (Å²) >= 11 is 0. The second-order valence-electron chi connectivity index (χ2n) is 6.87. The van der Waals surface area contributed by atoms with Gasteiger partial charge in [-0.05, 0) is 30.7 Å². The Balaban J connectivity index is 1.63. The molecule has 0 aromatic heterocycles. The van der Waals surface area contributed by atoms with Gasteiger partial charge in [0, 0.05) is 19.0 Å². The number of hydrogen-bond acceptors (Lipinski definition) is 5. The van der Waals surface area contributed by atoms with Crippen LogP contribution in [0, 0.1) is 0 Å². The Morgan fingerprint density at radius 2 is 1.93 bits per heavy atom. The molecular weight excluding hydrogens is 366 g/mol. The molecule has 2 heterocycles. The molecule has 2 unspecified atom stereocenters. The van der Waals surface area contributed by atoms with Crippen LogP contribution in [0.1, 0.15) is 37.0 Å². The minimum Gasteiger partial charge on any atom is -0.494 e. The lowest BCUT2D eigenvalue weighted by molar-refractivity contribution is -0.164. The molecule has 1 aromatic carbocycles. The highest BCUT2D eigenvalue weighted by molar-refractivity contribution is 6.02. The van der Waals surface area contributed by atoms with Crippen LogP contribution in [0.2, 0.25) is 0 Å². The number of carboxylic acid groups (broad SMARTS) is 1. The molecule has 0 radical (unpaired) electrons. The molecule has 2 saturated heterocycles. The van der Waals surface area contributed by atoms with Crippen molar-refractivity contribution in [3.63, 3.8) is 0 Å². The molecule has 0 spiro atoms. The Bertz CT molecular complexity index is 793. The molecule has 28 heavy (non-hydrogen) atoms. The lowest BCUT2D eigenvalue weighted by Crippen LogP contribution is -2.71. The van der Waals surface area contributed by atoms with E-state index in [0.717, 1.165) is 22.6 Å². The maximum Gasteiger partial charge on any atom is 0.347 e. The number of carboxylic acids is 1. The summed E-state index contributed by atoms with van der Waals surface area (Å²) in [5.41, 5.74) is 0.366. The van der Waals surface area contributed by atoms with E-state index in [1.54, 1.807) is 24.3 Å². The molecule has 150 valence electrons. The van der Waals surface area contributed by atoms with E-state index in [9.17, 15) is 24.3 Å². The number of nitrogens with zero attached hydrogens (tertiary/aromatic N) is 2. The molecule has 0 bridgehead atoms. The number of rotatable bonds is 7. The first-order chi connectivity index (χ1) is 13.3. The van der Waals surface area contributed by atoms with Gasteiger partial charge in [0.1, 0.15) is 11.8 Å². The fourth-order valence-corrected chi connectivity index (χ4v) is 3.49. The summed E-state index contributed by atoms with van der Waals surface area (Å²) in [4.78, 5) is 50.2. The van der Waals surface area contributed by atoms with E-state index in [1.807, 2.05) is 0 Å². The molecule has 3 atom stereocenters. The zero-order chi connectivity index (χ0) is 20.4. The highest BCUT2D eigenvalue weighted by atomic mass is 16.5. The van der Waals surface area contributed by atoms with Gasteiger partial charge in [0.05, 0.1) is 12.6 Å². The standard InChI is InChI=1S/C19H23N3O6/c1-3-4-9-28-13-7-5-12(6-8-13)16(24)20-15-14-10-21(11(2)23)17(19(26)27)22(14)18(15)25/h5-8,14-15,17H,3-4,9-10H2,1-2H3,(H,20,24)(H,26,27)/t14?,15-,17?/m0/s1. The molecule has 2 aliphatic rings. The van der Waals surface area contributed by atoms with E-state index >= 15 is 0 Å². The van der Waals surface area contributed by atoms with E-state index < -0.39 is 41.9 Å². The Kier molecular flexibility index (Phi) is 5.53. The number of carbonyl (C=O) groups excluding carboxylic acids is 3. The summed E-state index contributed by atoms with van der Waals surface area (Å²) in [5, 5.41) is 12.0.